The van der Waals surface area contributed by atoms with E-state index >= 15 is 0 Å². The van der Waals surface area contributed by atoms with Gasteiger partial charge in [-0.1, -0.05) is 12.1 Å². The molecule has 24 heavy (non-hydrogen) atoms. The van der Waals surface area contributed by atoms with Crippen molar-refractivity contribution in [2.75, 3.05) is 6.61 Å². The normalized spacial score (nSPS) is 10.4. The summed E-state index contributed by atoms with van der Waals surface area (Å²) in [4.78, 5) is 15.3. The lowest BCUT2D eigenvalue weighted by atomic mass is 10.1. The van der Waals surface area contributed by atoms with Gasteiger partial charge in [-0.05, 0) is 19.1 Å². The molecule has 2 aromatic heterocycles. The highest BCUT2D eigenvalue weighted by molar-refractivity contribution is 5.68. The SMILES string of the molecule is [C-]#[N+]c1cccc(-n2cc(-c3cn(C)c(=O)cc3OCC)cn2)c1. The van der Waals surface area contributed by atoms with Gasteiger partial charge >= 0.3 is 0 Å². The summed E-state index contributed by atoms with van der Waals surface area (Å²) in [5.74, 6) is 0.537. The molecule has 0 saturated heterocycles. The van der Waals surface area contributed by atoms with E-state index in [4.69, 9.17) is 11.3 Å². The van der Waals surface area contributed by atoms with Crippen LogP contribution in [0, 0.1) is 6.57 Å². The van der Waals surface area contributed by atoms with Crippen molar-refractivity contribution in [1.82, 2.24) is 14.3 Å². The zero-order chi connectivity index (χ0) is 17.1. The monoisotopic (exact) mass is 320 g/mol. The molecule has 0 spiro atoms. The molecule has 0 atom stereocenters. The molecule has 3 aromatic rings. The number of pyridine rings is 1. The minimum absolute atomic E-state index is 0.126. The van der Waals surface area contributed by atoms with Crippen molar-refractivity contribution >= 4 is 5.69 Å². The zero-order valence-corrected chi connectivity index (χ0v) is 13.4. The summed E-state index contributed by atoms with van der Waals surface area (Å²) in [6, 6.07) is 8.71. The predicted molar refractivity (Wildman–Crippen MR) is 91.7 cm³/mol. The quantitative estimate of drug-likeness (QED) is 0.694. The molecule has 0 aliphatic carbocycles. The average molecular weight is 320 g/mol. The Bertz CT molecular complexity index is 979. The largest absolute Gasteiger partial charge is 0.493 e. The number of aromatic nitrogens is 3. The van der Waals surface area contributed by atoms with Gasteiger partial charge in [-0.3, -0.25) is 4.79 Å². The zero-order valence-electron chi connectivity index (χ0n) is 13.4. The van der Waals surface area contributed by atoms with Crippen LogP contribution in [0.5, 0.6) is 5.75 Å². The van der Waals surface area contributed by atoms with E-state index in [0.29, 0.717) is 18.0 Å². The Balaban J connectivity index is 2.06. The van der Waals surface area contributed by atoms with Gasteiger partial charge in [-0.2, -0.15) is 5.10 Å². The van der Waals surface area contributed by atoms with E-state index < -0.39 is 0 Å². The van der Waals surface area contributed by atoms with Crippen LogP contribution in [-0.2, 0) is 7.05 Å². The standard InChI is InChI=1S/C18H16N4O2/c1-4-24-17-9-18(23)21(3)12-16(17)13-10-20-22(11-13)15-7-5-6-14(8-15)19-2/h5-12H,4H2,1,3H3. The van der Waals surface area contributed by atoms with Crippen LogP contribution in [0.2, 0.25) is 0 Å². The number of aryl methyl sites for hydroxylation is 1. The third kappa shape index (κ3) is 2.92. The molecule has 6 nitrogen and oxygen atoms in total. The fourth-order valence-electron chi connectivity index (χ4n) is 2.41. The summed E-state index contributed by atoms with van der Waals surface area (Å²) in [6.07, 6.45) is 5.31. The predicted octanol–water partition coefficient (Wildman–Crippen LogP) is 3.19. The molecule has 0 aliphatic rings. The van der Waals surface area contributed by atoms with Gasteiger partial charge in [0.05, 0.1) is 25.1 Å². The van der Waals surface area contributed by atoms with Crippen LogP contribution < -0.4 is 10.3 Å². The summed E-state index contributed by atoms with van der Waals surface area (Å²) >= 11 is 0. The topological polar surface area (TPSA) is 53.4 Å². The number of hydrogen-bond acceptors (Lipinski definition) is 3. The highest BCUT2D eigenvalue weighted by Gasteiger charge is 2.12. The van der Waals surface area contributed by atoms with Crippen LogP contribution in [0.15, 0.2) is 53.7 Å². The van der Waals surface area contributed by atoms with Crippen molar-refractivity contribution in [2.24, 2.45) is 7.05 Å². The van der Waals surface area contributed by atoms with E-state index in [-0.39, 0.29) is 5.56 Å². The molecule has 1 aromatic carbocycles. The van der Waals surface area contributed by atoms with Gasteiger partial charge in [-0.15, -0.1) is 0 Å². The Morgan fingerprint density at radius 3 is 2.88 bits per heavy atom. The lowest BCUT2D eigenvalue weighted by Crippen LogP contribution is -2.15. The van der Waals surface area contributed by atoms with Crippen LogP contribution in [0.1, 0.15) is 6.92 Å². The maximum atomic E-state index is 11.8. The summed E-state index contributed by atoms with van der Waals surface area (Å²) in [5, 5.41) is 4.36. The fourth-order valence-corrected chi connectivity index (χ4v) is 2.41. The van der Waals surface area contributed by atoms with E-state index in [9.17, 15) is 4.79 Å². The Morgan fingerprint density at radius 2 is 2.12 bits per heavy atom. The van der Waals surface area contributed by atoms with Crippen molar-refractivity contribution in [1.29, 1.82) is 0 Å². The number of hydrogen-bond donors (Lipinski definition) is 0. The lowest BCUT2D eigenvalue weighted by Gasteiger charge is -2.10. The second-order valence-corrected chi connectivity index (χ2v) is 5.24. The molecule has 0 unspecified atom stereocenters. The van der Waals surface area contributed by atoms with Gasteiger partial charge in [0.1, 0.15) is 5.75 Å². The third-order valence-electron chi connectivity index (χ3n) is 3.61. The van der Waals surface area contributed by atoms with Crippen molar-refractivity contribution in [3.05, 3.63) is 70.7 Å². The molecule has 0 radical (unpaired) electrons. The van der Waals surface area contributed by atoms with E-state index in [1.807, 2.05) is 25.3 Å². The van der Waals surface area contributed by atoms with Gasteiger partial charge in [-0.25, -0.2) is 9.53 Å². The molecule has 120 valence electrons. The van der Waals surface area contributed by atoms with E-state index in [0.717, 1.165) is 16.8 Å². The molecular formula is C18H16N4O2. The van der Waals surface area contributed by atoms with Gasteiger partial charge in [0.25, 0.3) is 5.56 Å². The molecule has 0 bridgehead atoms. The summed E-state index contributed by atoms with van der Waals surface area (Å²) < 4.78 is 8.80. The first-order valence-electron chi connectivity index (χ1n) is 7.49. The maximum Gasteiger partial charge on any atom is 0.254 e. The first-order valence-corrected chi connectivity index (χ1v) is 7.49. The number of rotatable bonds is 4. The Hall–Kier alpha value is -3.33. The molecule has 0 N–H and O–H groups in total. The van der Waals surface area contributed by atoms with Crippen LogP contribution in [0.3, 0.4) is 0 Å². The van der Waals surface area contributed by atoms with Crippen LogP contribution in [-0.4, -0.2) is 21.0 Å². The molecule has 0 aliphatic heterocycles. The maximum absolute atomic E-state index is 11.8. The van der Waals surface area contributed by atoms with Crippen molar-refractivity contribution in [3.63, 3.8) is 0 Å². The third-order valence-corrected chi connectivity index (χ3v) is 3.61. The van der Waals surface area contributed by atoms with Gasteiger partial charge < -0.3 is 9.30 Å². The average Bonchev–Trinajstić information content (AvgIpc) is 3.08. The molecule has 2 heterocycles. The Labute approximate surface area is 139 Å². The van der Waals surface area contributed by atoms with Gasteiger partial charge in [0.2, 0.25) is 0 Å². The van der Waals surface area contributed by atoms with E-state index in [1.54, 1.807) is 36.3 Å². The van der Waals surface area contributed by atoms with E-state index in [2.05, 4.69) is 9.94 Å². The smallest absolute Gasteiger partial charge is 0.254 e. The molecule has 0 fully saturated rings. The number of ether oxygens (including phenoxy) is 1. The second-order valence-electron chi connectivity index (χ2n) is 5.24. The van der Waals surface area contributed by atoms with E-state index in [1.165, 1.54) is 10.6 Å². The van der Waals surface area contributed by atoms with Crippen molar-refractivity contribution < 1.29 is 4.74 Å². The van der Waals surface area contributed by atoms with Gasteiger partial charge in [0, 0.05) is 36.6 Å². The highest BCUT2D eigenvalue weighted by Crippen LogP contribution is 2.29. The molecule has 0 amide bonds. The molecule has 6 heteroatoms. The molecular weight excluding hydrogens is 304 g/mol. The first kappa shape index (κ1) is 15.6. The number of nitrogens with zero attached hydrogens (tertiary/aromatic N) is 4. The minimum Gasteiger partial charge on any atom is -0.493 e. The Morgan fingerprint density at radius 1 is 1.29 bits per heavy atom. The lowest BCUT2D eigenvalue weighted by molar-refractivity contribution is 0.340. The van der Waals surface area contributed by atoms with Crippen molar-refractivity contribution in [3.8, 4) is 22.6 Å². The Kier molecular flexibility index (Phi) is 4.17. The fraction of sp³-hybridized carbons (Fsp3) is 0.167. The number of benzene rings is 1. The van der Waals surface area contributed by atoms with Crippen LogP contribution in [0.25, 0.3) is 21.7 Å². The van der Waals surface area contributed by atoms with Crippen LogP contribution >= 0.6 is 0 Å². The van der Waals surface area contributed by atoms with Gasteiger partial charge in [0.15, 0.2) is 5.69 Å². The molecule has 3 rings (SSSR count). The highest BCUT2D eigenvalue weighted by atomic mass is 16.5. The minimum atomic E-state index is -0.126. The summed E-state index contributed by atoms with van der Waals surface area (Å²) in [6.45, 7) is 9.46. The first-order chi connectivity index (χ1) is 11.6. The van der Waals surface area contributed by atoms with Crippen LogP contribution in [0.4, 0.5) is 5.69 Å². The molecule has 0 saturated carbocycles. The summed E-state index contributed by atoms with van der Waals surface area (Å²) in [5.41, 5.74) is 2.87. The van der Waals surface area contributed by atoms with Crippen molar-refractivity contribution in [2.45, 2.75) is 6.92 Å². The summed E-state index contributed by atoms with van der Waals surface area (Å²) in [7, 11) is 1.70. The second kappa shape index (κ2) is 6.42.